The van der Waals surface area contributed by atoms with Gasteiger partial charge in [-0.2, -0.15) is 0 Å². The maximum atomic E-state index is 12.6. The van der Waals surface area contributed by atoms with Gasteiger partial charge in [-0.1, -0.05) is 33.3 Å². The van der Waals surface area contributed by atoms with Gasteiger partial charge in [0.2, 0.25) is 15.9 Å². The van der Waals surface area contributed by atoms with Crippen LogP contribution < -0.4 is 15.4 Å². The van der Waals surface area contributed by atoms with Crippen LogP contribution >= 0.6 is 0 Å². The van der Waals surface area contributed by atoms with Crippen molar-refractivity contribution in [1.29, 1.82) is 0 Å². The molecule has 0 saturated heterocycles. The third-order valence-corrected chi connectivity index (χ3v) is 5.95. The fourth-order valence-corrected chi connectivity index (χ4v) is 3.77. The molecule has 1 amide bonds. The summed E-state index contributed by atoms with van der Waals surface area (Å²) in [4.78, 5) is 14.4. The Morgan fingerprint density at radius 2 is 2.09 bits per heavy atom. The zero-order valence-electron chi connectivity index (χ0n) is 13.9. The van der Waals surface area contributed by atoms with Crippen molar-refractivity contribution in [3.8, 4) is 0 Å². The molecule has 1 aromatic carbocycles. The Labute approximate surface area is 138 Å². The molecule has 7 heteroatoms. The monoisotopic (exact) mass is 339 g/mol. The standard InChI is InChI=1S/C16H25N3O3S/c1-4-11(3)15(17)16(20)19-9-8-12-6-7-13(10-14(12)19)23(21,22)18-5-2/h6-7,10-11,15,18H,4-5,8-9,17H2,1-3H3. The van der Waals surface area contributed by atoms with Crippen LogP contribution in [0.2, 0.25) is 0 Å². The second-order valence-electron chi connectivity index (χ2n) is 5.94. The molecule has 0 spiro atoms. The molecule has 128 valence electrons. The van der Waals surface area contributed by atoms with Crippen LogP contribution in [0.15, 0.2) is 23.1 Å². The van der Waals surface area contributed by atoms with E-state index < -0.39 is 16.1 Å². The molecule has 0 fully saturated rings. The van der Waals surface area contributed by atoms with Crippen LogP contribution in [-0.2, 0) is 21.2 Å². The summed E-state index contributed by atoms with van der Waals surface area (Å²) in [6.45, 7) is 6.54. The molecule has 0 radical (unpaired) electrons. The number of nitrogens with two attached hydrogens (primary N) is 1. The number of hydrogen-bond donors (Lipinski definition) is 2. The summed E-state index contributed by atoms with van der Waals surface area (Å²) < 4.78 is 26.8. The largest absolute Gasteiger partial charge is 0.320 e. The molecule has 1 aliphatic heterocycles. The Kier molecular flexibility index (Phi) is 5.44. The number of fused-ring (bicyclic) bond motifs is 1. The van der Waals surface area contributed by atoms with Gasteiger partial charge in [0.15, 0.2) is 0 Å². The topological polar surface area (TPSA) is 92.5 Å². The summed E-state index contributed by atoms with van der Waals surface area (Å²) in [5, 5.41) is 0. The van der Waals surface area contributed by atoms with Crippen molar-refractivity contribution in [2.75, 3.05) is 18.0 Å². The second kappa shape index (κ2) is 6.98. The number of nitrogens with one attached hydrogen (secondary N) is 1. The highest BCUT2D eigenvalue weighted by molar-refractivity contribution is 7.89. The van der Waals surface area contributed by atoms with Gasteiger partial charge in [-0.15, -0.1) is 0 Å². The summed E-state index contributed by atoms with van der Waals surface area (Å²) in [5.41, 5.74) is 7.69. The van der Waals surface area contributed by atoms with Crippen molar-refractivity contribution in [1.82, 2.24) is 4.72 Å². The molecule has 0 aliphatic carbocycles. The number of carbonyl (C=O) groups is 1. The van der Waals surface area contributed by atoms with Crippen LogP contribution in [0.5, 0.6) is 0 Å². The van der Waals surface area contributed by atoms with Crippen molar-refractivity contribution in [2.45, 2.75) is 44.6 Å². The van der Waals surface area contributed by atoms with Gasteiger partial charge in [-0.3, -0.25) is 4.79 Å². The van der Waals surface area contributed by atoms with E-state index in [1.807, 2.05) is 13.8 Å². The molecular weight excluding hydrogens is 314 g/mol. The Balaban J connectivity index is 2.34. The lowest BCUT2D eigenvalue weighted by Gasteiger charge is -2.25. The molecule has 0 bridgehead atoms. The van der Waals surface area contributed by atoms with Gasteiger partial charge in [0.1, 0.15) is 0 Å². The van der Waals surface area contributed by atoms with Gasteiger partial charge >= 0.3 is 0 Å². The fraction of sp³-hybridized carbons (Fsp3) is 0.562. The first kappa shape index (κ1) is 17.9. The average Bonchev–Trinajstić information content (AvgIpc) is 2.95. The zero-order chi connectivity index (χ0) is 17.2. The molecule has 0 aromatic heterocycles. The van der Waals surface area contributed by atoms with E-state index in [4.69, 9.17) is 5.73 Å². The van der Waals surface area contributed by atoms with Gasteiger partial charge in [-0.25, -0.2) is 13.1 Å². The van der Waals surface area contributed by atoms with E-state index in [0.29, 0.717) is 18.8 Å². The molecule has 2 atom stereocenters. The van der Waals surface area contributed by atoms with Crippen LogP contribution in [0.1, 0.15) is 32.8 Å². The van der Waals surface area contributed by atoms with E-state index in [1.165, 1.54) is 0 Å². The molecule has 6 nitrogen and oxygen atoms in total. The number of carbonyl (C=O) groups excluding carboxylic acids is 1. The first-order valence-electron chi connectivity index (χ1n) is 8.01. The summed E-state index contributed by atoms with van der Waals surface area (Å²) in [6.07, 6.45) is 1.54. The van der Waals surface area contributed by atoms with Crippen LogP contribution in [0.4, 0.5) is 5.69 Å². The highest BCUT2D eigenvalue weighted by Crippen LogP contribution is 2.31. The van der Waals surface area contributed by atoms with E-state index in [0.717, 1.165) is 18.4 Å². The van der Waals surface area contributed by atoms with Crippen molar-refractivity contribution >= 4 is 21.6 Å². The third kappa shape index (κ3) is 3.57. The van der Waals surface area contributed by atoms with Gasteiger partial charge in [0.05, 0.1) is 10.9 Å². The van der Waals surface area contributed by atoms with Crippen LogP contribution in [-0.4, -0.2) is 33.5 Å². The molecule has 23 heavy (non-hydrogen) atoms. The second-order valence-corrected chi connectivity index (χ2v) is 7.71. The molecule has 2 unspecified atom stereocenters. The first-order valence-corrected chi connectivity index (χ1v) is 9.49. The minimum atomic E-state index is -3.54. The van der Waals surface area contributed by atoms with Crippen molar-refractivity contribution < 1.29 is 13.2 Å². The molecule has 0 saturated carbocycles. The number of rotatable bonds is 6. The molecule has 1 aromatic rings. The van der Waals surface area contributed by atoms with Gasteiger partial charge < -0.3 is 10.6 Å². The first-order chi connectivity index (χ1) is 10.8. The molecule has 1 heterocycles. The van der Waals surface area contributed by atoms with Crippen LogP contribution in [0.3, 0.4) is 0 Å². The van der Waals surface area contributed by atoms with Gasteiger partial charge in [0.25, 0.3) is 0 Å². The normalized spacial score (nSPS) is 17.0. The summed E-state index contributed by atoms with van der Waals surface area (Å²) in [5.74, 6) is -0.0590. The zero-order valence-corrected chi connectivity index (χ0v) is 14.7. The van der Waals surface area contributed by atoms with E-state index in [2.05, 4.69) is 4.72 Å². The van der Waals surface area contributed by atoms with E-state index in [9.17, 15) is 13.2 Å². The Morgan fingerprint density at radius 1 is 1.39 bits per heavy atom. The SMILES string of the molecule is CCNS(=O)(=O)c1ccc2c(c1)N(C(=O)C(N)C(C)CC)CC2. The lowest BCUT2D eigenvalue weighted by Crippen LogP contribution is -2.46. The van der Waals surface area contributed by atoms with Gasteiger partial charge in [0, 0.05) is 18.8 Å². The number of anilines is 1. The smallest absolute Gasteiger partial charge is 0.244 e. The highest BCUT2D eigenvalue weighted by Gasteiger charge is 2.31. The molecule has 2 rings (SSSR count). The Hall–Kier alpha value is -1.44. The quantitative estimate of drug-likeness (QED) is 0.816. The predicted molar refractivity (Wildman–Crippen MR) is 90.8 cm³/mol. The summed E-state index contributed by atoms with van der Waals surface area (Å²) in [7, 11) is -3.54. The lowest BCUT2D eigenvalue weighted by atomic mass is 9.99. The number of hydrogen-bond acceptors (Lipinski definition) is 4. The number of amides is 1. The number of benzene rings is 1. The summed E-state index contributed by atoms with van der Waals surface area (Å²) >= 11 is 0. The van der Waals surface area contributed by atoms with Crippen molar-refractivity contribution in [2.24, 2.45) is 11.7 Å². The summed E-state index contributed by atoms with van der Waals surface area (Å²) in [6, 6.07) is 4.36. The minimum absolute atomic E-state index is 0.0835. The maximum Gasteiger partial charge on any atom is 0.244 e. The van der Waals surface area contributed by atoms with Crippen LogP contribution in [0, 0.1) is 5.92 Å². The predicted octanol–water partition coefficient (Wildman–Crippen LogP) is 1.25. The Morgan fingerprint density at radius 3 is 2.70 bits per heavy atom. The van der Waals surface area contributed by atoms with E-state index >= 15 is 0 Å². The number of nitrogens with zero attached hydrogens (tertiary/aromatic N) is 1. The Bertz CT molecular complexity index is 688. The van der Waals surface area contributed by atoms with Crippen LogP contribution in [0.25, 0.3) is 0 Å². The lowest BCUT2D eigenvalue weighted by molar-refractivity contribution is -0.120. The minimum Gasteiger partial charge on any atom is -0.320 e. The maximum absolute atomic E-state index is 12.6. The van der Waals surface area contributed by atoms with E-state index in [1.54, 1.807) is 30.0 Å². The molecular formula is C16H25N3O3S. The highest BCUT2D eigenvalue weighted by atomic mass is 32.2. The van der Waals surface area contributed by atoms with E-state index in [-0.39, 0.29) is 16.7 Å². The van der Waals surface area contributed by atoms with Crippen molar-refractivity contribution in [3.63, 3.8) is 0 Å². The molecule has 1 aliphatic rings. The van der Waals surface area contributed by atoms with Crippen molar-refractivity contribution in [3.05, 3.63) is 23.8 Å². The van der Waals surface area contributed by atoms with Gasteiger partial charge in [-0.05, 0) is 30.0 Å². The number of sulfonamides is 1. The molecule has 3 N–H and O–H groups in total. The third-order valence-electron chi connectivity index (χ3n) is 4.41. The average molecular weight is 339 g/mol. The fourth-order valence-electron chi connectivity index (χ4n) is 2.71.